The summed E-state index contributed by atoms with van der Waals surface area (Å²) in [5.41, 5.74) is 2.73. The van der Waals surface area contributed by atoms with E-state index in [4.69, 9.17) is 0 Å². The van der Waals surface area contributed by atoms with Crippen LogP contribution in [0.1, 0.15) is 31.9 Å². The molecule has 3 unspecified atom stereocenters. The van der Waals surface area contributed by atoms with Crippen LogP contribution in [0, 0.1) is 17.8 Å². The van der Waals surface area contributed by atoms with Crippen molar-refractivity contribution < 1.29 is 14.7 Å². The van der Waals surface area contributed by atoms with Gasteiger partial charge in [-0.25, -0.2) is 4.98 Å². The van der Waals surface area contributed by atoms with E-state index in [9.17, 15) is 14.7 Å². The summed E-state index contributed by atoms with van der Waals surface area (Å²) in [7, 11) is 0. The summed E-state index contributed by atoms with van der Waals surface area (Å²) in [6.07, 6.45) is 2.94. The van der Waals surface area contributed by atoms with Gasteiger partial charge in [0, 0.05) is 18.3 Å². The van der Waals surface area contributed by atoms with Crippen LogP contribution >= 0.6 is 11.3 Å². The number of nitrogens with one attached hydrogen (secondary N) is 1. The fourth-order valence-electron chi connectivity index (χ4n) is 2.84. The molecule has 0 aliphatic heterocycles. The lowest BCUT2D eigenvalue weighted by molar-refractivity contribution is -0.146. The van der Waals surface area contributed by atoms with E-state index in [0.29, 0.717) is 31.7 Å². The van der Waals surface area contributed by atoms with Gasteiger partial charge in [-0.2, -0.15) is 0 Å². The van der Waals surface area contributed by atoms with E-state index in [-0.39, 0.29) is 11.8 Å². The number of nitrogens with zero attached hydrogens (tertiary/aromatic N) is 1. The molecule has 0 aromatic carbocycles. The van der Waals surface area contributed by atoms with E-state index >= 15 is 0 Å². The van der Waals surface area contributed by atoms with Crippen molar-refractivity contribution in [3.05, 3.63) is 16.6 Å². The smallest absolute Gasteiger partial charge is 0.307 e. The van der Waals surface area contributed by atoms with Crippen LogP contribution in [0.15, 0.2) is 10.9 Å². The number of amides is 1. The summed E-state index contributed by atoms with van der Waals surface area (Å²) in [6, 6.07) is 0. The number of rotatable bonds is 6. The molecule has 1 saturated carbocycles. The number of hydrogen-bond donors (Lipinski definition) is 2. The number of carbonyl (C=O) groups is 2. The van der Waals surface area contributed by atoms with E-state index < -0.39 is 11.9 Å². The van der Waals surface area contributed by atoms with Crippen molar-refractivity contribution >= 4 is 23.2 Å². The molecule has 5 nitrogen and oxygen atoms in total. The number of thiazole rings is 1. The Labute approximate surface area is 122 Å². The Kier molecular flexibility index (Phi) is 5.11. The Morgan fingerprint density at radius 3 is 2.80 bits per heavy atom. The molecule has 3 atom stereocenters. The van der Waals surface area contributed by atoms with Crippen LogP contribution in [0.3, 0.4) is 0 Å². The number of aromatic nitrogens is 1. The molecule has 0 radical (unpaired) electrons. The highest BCUT2D eigenvalue weighted by molar-refractivity contribution is 7.07. The molecule has 2 N–H and O–H groups in total. The van der Waals surface area contributed by atoms with Gasteiger partial charge in [-0.1, -0.05) is 13.3 Å². The molecular weight excluding hydrogens is 276 g/mol. The van der Waals surface area contributed by atoms with Gasteiger partial charge in [-0.3, -0.25) is 9.59 Å². The zero-order valence-electron chi connectivity index (χ0n) is 11.5. The van der Waals surface area contributed by atoms with Crippen LogP contribution in [-0.4, -0.2) is 28.5 Å². The minimum atomic E-state index is -0.847. The largest absolute Gasteiger partial charge is 0.481 e. The van der Waals surface area contributed by atoms with Gasteiger partial charge in [0.1, 0.15) is 0 Å². The predicted molar refractivity (Wildman–Crippen MR) is 76.5 cm³/mol. The van der Waals surface area contributed by atoms with Crippen molar-refractivity contribution in [2.24, 2.45) is 17.8 Å². The van der Waals surface area contributed by atoms with Gasteiger partial charge in [0.2, 0.25) is 5.91 Å². The molecule has 1 aliphatic carbocycles. The molecule has 6 heteroatoms. The van der Waals surface area contributed by atoms with Crippen LogP contribution < -0.4 is 5.32 Å². The third-order valence-corrected chi connectivity index (χ3v) is 4.69. The summed E-state index contributed by atoms with van der Waals surface area (Å²) in [5, 5.41) is 14.0. The van der Waals surface area contributed by atoms with E-state index in [0.717, 1.165) is 12.1 Å². The molecular formula is C14H20N2O3S. The number of aliphatic carboxylic acids is 1. The molecule has 0 saturated heterocycles. The Morgan fingerprint density at radius 1 is 1.45 bits per heavy atom. The summed E-state index contributed by atoms with van der Waals surface area (Å²) in [5.74, 6) is -1.53. The fourth-order valence-corrected chi connectivity index (χ4v) is 3.44. The van der Waals surface area contributed by atoms with Gasteiger partial charge >= 0.3 is 5.97 Å². The van der Waals surface area contributed by atoms with Crippen LogP contribution in [0.5, 0.6) is 0 Å². The highest BCUT2D eigenvalue weighted by Gasteiger charge is 2.41. The quantitative estimate of drug-likeness (QED) is 0.841. The van der Waals surface area contributed by atoms with Crippen LogP contribution in [0.2, 0.25) is 0 Å². The third-order valence-electron chi connectivity index (χ3n) is 4.06. The first-order chi connectivity index (χ1) is 9.61. The van der Waals surface area contributed by atoms with Gasteiger partial charge < -0.3 is 10.4 Å². The molecule has 1 fully saturated rings. The van der Waals surface area contributed by atoms with Gasteiger partial charge in [0.25, 0.3) is 0 Å². The summed E-state index contributed by atoms with van der Waals surface area (Å²) < 4.78 is 0. The summed E-state index contributed by atoms with van der Waals surface area (Å²) in [6.45, 7) is 2.56. The molecule has 2 rings (SSSR count). The predicted octanol–water partition coefficient (Wildman–Crippen LogP) is 1.94. The Hall–Kier alpha value is -1.43. The monoisotopic (exact) mass is 296 g/mol. The Morgan fingerprint density at radius 2 is 2.20 bits per heavy atom. The maximum absolute atomic E-state index is 12.2. The lowest BCUT2D eigenvalue weighted by atomic mass is 9.95. The molecule has 1 aromatic rings. The van der Waals surface area contributed by atoms with Crippen LogP contribution in [-0.2, 0) is 16.0 Å². The maximum Gasteiger partial charge on any atom is 0.307 e. The SMILES string of the molecule is CCC1CC(C(=O)O)C(C(=O)NCCc2cscn2)C1. The lowest BCUT2D eigenvalue weighted by Crippen LogP contribution is -2.36. The average molecular weight is 296 g/mol. The Bertz CT molecular complexity index is 461. The molecule has 110 valence electrons. The number of hydrogen-bond acceptors (Lipinski definition) is 4. The van der Waals surface area contributed by atoms with Crippen LogP contribution in [0.25, 0.3) is 0 Å². The van der Waals surface area contributed by atoms with Crippen molar-refractivity contribution in [2.75, 3.05) is 6.54 Å². The van der Waals surface area contributed by atoms with E-state index in [1.165, 1.54) is 11.3 Å². The van der Waals surface area contributed by atoms with Crippen LogP contribution in [0.4, 0.5) is 0 Å². The highest BCUT2D eigenvalue weighted by Crippen LogP contribution is 2.38. The molecule has 0 bridgehead atoms. The minimum absolute atomic E-state index is 0.122. The van der Waals surface area contributed by atoms with E-state index in [2.05, 4.69) is 10.3 Å². The summed E-state index contributed by atoms with van der Waals surface area (Å²) in [4.78, 5) is 27.6. The van der Waals surface area contributed by atoms with Gasteiger partial charge in [0.05, 0.1) is 23.0 Å². The first kappa shape index (κ1) is 15.0. The van der Waals surface area contributed by atoms with Crippen molar-refractivity contribution in [1.29, 1.82) is 0 Å². The zero-order valence-corrected chi connectivity index (χ0v) is 12.4. The number of carboxylic acids is 1. The lowest BCUT2D eigenvalue weighted by Gasteiger charge is -2.15. The highest BCUT2D eigenvalue weighted by atomic mass is 32.1. The van der Waals surface area contributed by atoms with Crippen molar-refractivity contribution in [3.8, 4) is 0 Å². The molecule has 1 amide bonds. The number of carboxylic acid groups (broad SMARTS) is 1. The molecule has 1 aromatic heterocycles. The molecule has 1 aliphatic rings. The van der Waals surface area contributed by atoms with Gasteiger partial charge in [0.15, 0.2) is 0 Å². The van der Waals surface area contributed by atoms with Gasteiger partial charge in [-0.05, 0) is 18.8 Å². The maximum atomic E-state index is 12.2. The van der Waals surface area contributed by atoms with Crippen molar-refractivity contribution in [1.82, 2.24) is 10.3 Å². The fraction of sp³-hybridized carbons (Fsp3) is 0.643. The minimum Gasteiger partial charge on any atom is -0.481 e. The molecule has 20 heavy (non-hydrogen) atoms. The first-order valence-corrected chi connectivity index (χ1v) is 7.93. The van der Waals surface area contributed by atoms with E-state index in [1.54, 1.807) is 5.51 Å². The van der Waals surface area contributed by atoms with Crippen molar-refractivity contribution in [3.63, 3.8) is 0 Å². The first-order valence-electron chi connectivity index (χ1n) is 6.99. The molecule has 0 spiro atoms. The second-order valence-corrected chi connectivity index (χ2v) is 6.04. The summed E-state index contributed by atoms with van der Waals surface area (Å²) >= 11 is 1.53. The van der Waals surface area contributed by atoms with E-state index in [1.807, 2.05) is 12.3 Å². The Balaban J connectivity index is 1.85. The average Bonchev–Trinajstić information content (AvgIpc) is 3.07. The zero-order chi connectivity index (χ0) is 14.5. The second-order valence-electron chi connectivity index (χ2n) is 5.32. The molecule has 1 heterocycles. The normalized spacial score (nSPS) is 25.6. The second kappa shape index (κ2) is 6.83. The topological polar surface area (TPSA) is 79.3 Å². The standard InChI is InChI=1S/C14H20N2O3S/c1-2-9-5-11(12(6-9)14(18)19)13(17)15-4-3-10-7-20-8-16-10/h7-9,11-12H,2-6H2,1H3,(H,15,17)(H,18,19). The van der Waals surface area contributed by atoms with Gasteiger partial charge in [-0.15, -0.1) is 11.3 Å². The van der Waals surface area contributed by atoms with Crippen molar-refractivity contribution in [2.45, 2.75) is 32.6 Å². The third kappa shape index (κ3) is 3.56. The number of carbonyl (C=O) groups excluding carboxylic acids is 1.